The van der Waals surface area contributed by atoms with Crippen LogP contribution in [0.15, 0.2) is 29.3 Å². The van der Waals surface area contributed by atoms with E-state index in [0.717, 1.165) is 10.3 Å². The zero-order chi connectivity index (χ0) is 8.97. The summed E-state index contributed by atoms with van der Waals surface area (Å²) in [7, 11) is 0. The van der Waals surface area contributed by atoms with Crippen molar-refractivity contribution in [2.45, 2.75) is 20.4 Å². The average molecular weight is 273 g/mol. The molecule has 0 saturated heterocycles. The van der Waals surface area contributed by atoms with Gasteiger partial charge in [-0.25, -0.2) is 0 Å². The van der Waals surface area contributed by atoms with Crippen LogP contribution in [0, 0.1) is 0 Å². The summed E-state index contributed by atoms with van der Waals surface area (Å²) in [5.41, 5.74) is 2.66. The Kier molecular flexibility index (Phi) is 3.72. The maximum atomic E-state index is 4.31. The normalized spacial score (nSPS) is 12.8. The van der Waals surface area contributed by atoms with Gasteiger partial charge in [0.25, 0.3) is 0 Å². The molecular weight excluding hydrogens is 261 g/mol. The monoisotopic (exact) mass is 273 g/mol. The molecule has 12 heavy (non-hydrogen) atoms. The van der Waals surface area contributed by atoms with Gasteiger partial charge in [-0.05, 0) is 28.2 Å². The van der Waals surface area contributed by atoms with Crippen LogP contribution < -0.4 is 0 Å². The highest BCUT2D eigenvalue weighted by Crippen LogP contribution is 2.21. The highest BCUT2D eigenvalue weighted by Gasteiger charge is 2.10. The fourth-order valence-corrected chi connectivity index (χ4v) is 1.80. The molecule has 1 aromatic carbocycles. The van der Waals surface area contributed by atoms with Crippen LogP contribution in [0.5, 0.6) is 0 Å². The molecule has 0 aromatic heterocycles. The Morgan fingerprint density at radius 3 is 2.58 bits per heavy atom. The predicted octanol–water partition coefficient (Wildman–Crippen LogP) is 3.41. The number of benzene rings is 1. The van der Waals surface area contributed by atoms with Crippen molar-refractivity contribution in [3.63, 3.8) is 0 Å². The number of halogens is 1. The van der Waals surface area contributed by atoms with Crippen molar-refractivity contribution in [2.24, 2.45) is 4.99 Å². The predicted molar refractivity (Wildman–Crippen MR) is 62.1 cm³/mol. The molecule has 0 N–H and O–H groups in total. The fraction of sp³-hybridized carbons (Fsp3) is 0.300. The number of fused-ring (bicyclic) bond motifs is 1. The van der Waals surface area contributed by atoms with E-state index in [2.05, 4.69) is 51.8 Å². The SMILES string of the molecule is CC.IC1=NCc2ccccc21. The molecule has 0 atom stereocenters. The zero-order valence-corrected chi connectivity index (χ0v) is 9.50. The Morgan fingerprint density at radius 2 is 1.92 bits per heavy atom. The van der Waals surface area contributed by atoms with Crippen molar-refractivity contribution >= 4 is 26.3 Å². The first-order valence-corrected chi connectivity index (χ1v) is 5.24. The van der Waals surface area contributed by atoms with E-state index in [1.807, 2.05) is 13.8 Å². The van der Waals surface area contributed by atoms with Gasteiger partial charge in [-0.3, -0.25) is 4.99 Å². The summed E-state index contributed by atoms with van der Waals surface area (Å²) in [6.45, 7) is 4.87. The molecule has 2 heteroatoms. The molecule has 0 aliphatic carbocycles. The fourth-order valence-electron chi connectivity index (χ4n) is 1.10. The Bertz CT molecular complexity index is 292. The van der Waals surface area contributed by atoms with Crippen LogP contribution in [-0.2, 0) is 6.54 Å². The maximum Gasteiger partial charge on any atom is 0.103 e. The van der Waals surface area contributed by atoms with Gasteiger partial charge in [0.2, 0.25) is 0 Å². The van der Waals surface area contributed by atoms with E-state index in [1.54, 1.807) is 0 Å². The Hall–Kier alpha value is -0.380. The number of hydrogen-bond acceptors (Lipinski definition) is 1. The first-order valence-electron chi connectivity index (χ1n) is 4.16. The topological polar surface area (TPSA) is 12.4 Å². The summed E-state index contributed by atoms with van der Waals surface area (Å²) in [5, 5.41) is 0. The quantitative estimate of drug-likeness (QED) is 0.642. The smallest absolute Gasteiger partial charge is 0.103 e. The minimum atomic E-state index is 0.869. The van der Waals surface area contributed by atoms with E-state index in [1.165, 1.54) is 11.1 Å². The van der Waals surface area contributed by atoms with Crippen molar-refractivity contribution in [1.82, 2.24) is 0 Å². The minimum Gasteiger partial charge on any atom is -0.273 e. The third-order valence-electron chi connectivity index (χ3n) is 1.63. The second-order valence-electron chi connectivity index (χ2n) is 2.26. The van der Waals surface area contributed by atoms with E-state index >= 15 is 0 Å². The Balaban J connectivity index is 0.000000336. The van der Waals surface area contributed by atoms with Crippen LogP contribution >= 0.6 is 22.6 Å². The summed E-state index contributed by atoms with van der Waals surface area (Å²) >= 11 is 2.27. The summed E-state index contributed by atoms with van der Waals surface area (Å²) < 4.78 is 1.15. The number of nitrogens with zero attached hydrogens (tertiary/aromatic N) is 1. The van der Waals surface area contributed by atoms with Crippen LogP contribution in [0.4, 0.5) is 0 Å². The largest absolute Gasteiger partial charge is 0.273 e. The molecule has 1 aliphatic heterocycles. The van der Waals surface area contributed by atoms with Gasteiger partial charge in [0, 0.05) is 5.56 Å². The molecule has 1 aromatic rings. The summed E-state index contributed by atoms with van der Waals surface area (Å²) in [5.74, 6) is 0. The van der Waals surface area contributed by atoms with Gasteiger partial charge in [0.15, 0.2) is 0 Å². The molecule has 0 radical (unpaired) electrons. The van der Waals surface area contributed by atoms with Gasteiger partial charge in [-0.2, -0.15) is 0 Å². The third-order valence-corrected chi connectivity index (χ3v) is 2.55. The number of aliphatic imine (C=N–C) groups is 1. The van der Waals surface area contributed by atoms with Gasteiger partial charge in [-0.15, -0.1) is 0 Å². The summed E-state index contributed by atoms with van der Waals surface area (Å²) in [4.78, 5) is 4.31. The first-order chi connectivity index (χ1) is 5.88. The van der Waals surface area contributed by atoms with Crippen LogP contribution in [0.2, 0.25) is 0 Å². The van der Waals surface area contributed by atoms with E-state index < -0.39 is 0 Å². The number of hydrogen-bond donors (Lipinski definition) is 0. The molecule has 0 bridgehead atoms. The molecular formula is C10H12IN. The van der Waals surface area contributed by atoms with Crippen molar-refractivity contribution in [1.29, 1.82) is 0 Å². The van der Waals surface area contributed by atoms with Gasteiger partial charge < -0.3 is 0 Å². The molecule has 2 rings (SSSR count). The molecule has 64 valence electrons. The zero-order valence-electron chi connectivity index (χ0n) is 7.34. The molecule has 0 fully saturated rings. The lowest BCUT2D eigenvalue weighted by Crippen LogP contribution is -1.85. The van der Waals surface area contributed by atoms with Crippen molar-refractivity contribution in [3.05, 3.63) is 35.4 Å². The molecule has 0 unspecified atom stereocenters. The summed E-state index contributed by atoms with van der Waals surface area (Å²) in [6, 6.07) is 8.36. The standard InChI is InChI=1S/C8H6IN.C2H6/c9-8-7-4-2-1-3-6(7)5-10-8;1-2/h1-4H,5H2;1-2H3. The Labute approximate surface area is 87.0 Å². The summed E-state index contributed by atoms with van der Waals surface area (Å²) in [6.07, 6.45) is 0. The third kappa shape index (κ3) is 1.86. The highest BCUT2D eigenvalue weighted by atomic mass is 127. The van der Waals surface area contributed by atoms with Crippen molar-refractivity contribution < 1.29 is 0 Å². The molecule has 1 nitrogen and oxygen atoms in total. The van der Waals surface area contributed by atoms with E-state index in [-0.39, 0.29) is 0 Å². The van der Waals surface area contributed by atoms with Gasteiger partial charge in [-0.1, -0.05) is 38.1 Å². The molecule has 0 spiro atoms. The van der Waals surface area contributed by atoms with E-state index in [0.29, 0.717) is 0 Å². The number of rotatable bonds is 0. The van der Waals surface area contributed by atoms with Crippen molar-refractivity contribution in [3.8, 4) is 0 Å². The van der Waals surface area contributed by atoms with Crippen LogP contribution in [0.1, 0.15) is 25.0 Å². The highest BCUT2D eigenvalue weighted by molar-refractivity contribution is 14.1. The Morgan fingerprint density at radius 1 is 1.25 bits per heavy atom. The lowest BCUT2D eigenvalue weighted by molar-refractivity contribution is 1.11. The van der Waals surface area contributed by atoms with Crippen LogP contribution in [0.25, 0.3) is 0 Å². The average Bonchev–Trinajstić information content (AvgIpc) is 2.53. The molecule has 0 saturated carbocycles. The second-order valence-corrected chi connectivity index (χ2v) is 3.29. The van der Waals surface area contributed by atoms with Gasteiger partial charge in [0.1, 0.15) is 3.72 Å². The lowest BCUT2D eigenvalue weighted by atomic mass is 10.1. The van der Waals surface area contributed by atoms with E-state index in [9.17, 15) is 0 Å². The second kappa shape index (κ2) is 4.60. The maximum absolute atomic E-state index is 4.31. The first kappa shape index (κ1) is 9.71. The van der Waals surface area contributed by atoms with Gasteiger partial charge in [0.05, 0.1) is 6.54 Å². The van der Waals surface area contributed by atoms with Gasteiger partial charge >= 0.3 is 0 Å². The lowest BCUT2D eigenvalue weighted by Gasteiger charge is -1.93. The molecule has 1 heterocycles. The molecule has 0 amide bonds. The van der Waals surface area contributed by atoms with E-state index in [4.69, 9.17) is 0 Å². The van der Waals surface area contributed by atoms with Crippen LogP contribution in [0.3, 0.4) is 0 Å². The minimum absolute atomic E-state index is 0.869. The van der Waals surface area contributed by atoms with Crippen molar-refractivity contribution in [2.75, 3.05) is 0 Å². The van der Waals surface area contributed by atoms with Crippen LogP contribution in [-0.4, -0.2) is 3.72 Å². The molecule has 1 aliphatic rings.